The second-order valence-electron chi connectivity index (χ2n) is 10.2. The third-order valence-corrected chi connectivity index (χ3v) is 6.50. The molecule has 5 nitrogen and oxygen atoms in total. The van der Waals surface area contributed by atoms with Gasteiger partial charge < -0.3 is 25.0 Å². The maximum absolute atomic E-state index is 11.1. The predicted octanol–water partition coefficient (Wildman–Crippen LogP) is 5.23. The van der Waals surface area contributed by atoms with E-state index in [1.54, 1.807) is 13.8 Å². The van der Waals surface area contributed by atoms with Crippen molar-refractivity contribution >= 4 is 12.4 Å². The van der Waals surface area contributed by atoms with Gasteiger partial charge in [-0.1, -0.05) is 60.7 Å². The molecule has 188 valence electrons. The summed E-state index contributed by atoms with van der Waals surface area (Å²) in [7, 11) is 0. The molecule has 3 N–H and O–H groups in total. The van der Waals surface area contributed by atoms with E-state index in [-0.39, 0.29) is 24.5 Å². The molecule has 3 aromatic carbocycles. The van der Waals surface area contributed by atoms with Crippen LogP contribution in [-0.2, 0) is 13.0 Å². The van der Waals surface area contributed by atoms with Crippen LogP contribution in [0.2, 0.25) is 0 Å². The molecule has 3 atom stereocenters. The quantitative estimate of drug-likeness (QED) is 0.397. The summed E-state index contributed by atoms with van der Waals surface area (Å²) in [6.45, 7) is 7.88. The van der Waals surface area contributed by atoms with Gasteiger partial charge in [-0.15, -0.1) is 12.4 Å². The number of hydrogen-bond donors (Lipinski definition) is 3. The van der Waals surface area contributed by atoms with Gasteiger partial charge in [0.15, 0.2) is 0 Å². The Labute approximate surface area is 214 Å². The molecule has 0 saturated carbocycles. The number of fused-ring (bicyclic) bond motifs is 1. The molecule has 0 fully saturated rings. The topological polar surface area (TPSA) is 71.0 Å². The van der Waals surface area contributed by atoms with E-state index in [0.717, 1.165) is 28.2 Å². The van der Waals surface area contributed by atoms with E-state index in [9.17, 15) is 10.2 Å². The summed E-state index contributed by atoms with van der Waals surface area (Å²) in [6.07, 6.45) is -0.184. The van der Waals surface area contributed by atoms with Gasteiger partial charge in [0.25, 0.3) is 0 Å². The molecule has 0 aromatic heterocycles. The lowest BCUT2D eigenvalue weighted by atomic mass is 9.84. The molecule has 1 heterocycles. The Morgan fingerprint density at radius 3 is 2.23 bits per heavy atom. The first-order valence-electron chi connectivity index (χ1n) is 11.8. The Balaban J connectivity index is 0.00000342. The maximum atomic E-state index is 11.1. The molecule has 3 aromatic rings. The lowest BCUT2D eigenvalue weighted by Crippen LogP contribution is -2.58. The Bertz CT molecular complexity index is 1080. The molecule has 35 heavy (non-hydrogen) atoms. The average Bonchev–Trinajstić information content (AvgIpc) is 2.80. The van der Waals surface area contributed by atoms with E-state index >= 15 is 0 Å². The van der Waals surface area contributed by atoms with Crippen LogP contribution < -0.4 is 14.8 Å². The van der Waals surface area contributed by atoms with Crippen LogP contribution in [0.1, 0.15) is 50.4 Å². The van der Waals surface area contributed by atoms with Crippen LogP contribution in [-0.4, -0.2) is 33.6 Å². The first-order chi connectivity index (χ1) is 16.1. The number of benzene rings is 3. The van der Waals surface area contributed by atoms with Gasteiger partial charge in [-0.2, -0.15) is 0 Å². The molecule has 1 aliphatic heterocycles. The molecule has 0 aliphatic carbocycles. The summed E-state index contributed by atoms with van der Waals surface area (Å²) in [5, 5.41) is 25.7. The molecule has 3 unspecified atom stereocenters. The highest BCUT2D eigenvalue weighted by Crippen LogP contribution is 2.40. The highest BCUT2D eigenvalue weighted by atomic mass is 35.5. The van der Waals surface area contributed by atoms with Gasteiger partial charge >= 0.3 is 0 Å². The maximum Gasteiger partial charge on any atom is 0.131 e. The van der Waals surface area contributed by atoms with E-state index in [2.05, 4.69) is 5.32 Å². The van der Waals surface area contributed by atoms with Gasteiger partial charge in [-0.3, -0.25) is 0 Å². The number of aliphatic hydroxyl groups is 2. The lowest BCUT2D eigenvalue weighted by Gasteiger charge is -2.45. The van der Waals surface area contributed by atoms with Gasteiger partial charge in [0.1, 0.15) is 29.8 Å². The third-order valence-electron chi connectivity index (χ3n) is 6.50. The van der Waals surface area contributed by atoms with E-state index in [4.69, 9.17) is 9.47 Å². The third kappa shape index (κ3) is 6.56. The minimum Gasteiger partial charge on any atom is -0.489 e. The SMILES string of the molecule is CC(C)(O)C(Cc1ccc(OCc2ccccc2)cc1)NC1c2ccccc2OC(C)(C)C1O.Cl. The number of para-hydroxylation sites is 1. The van der Waals surface area contributed by atoms with Crippen LogP contribution in [0.25, 0.3) is 0 Å². The summed E-state index contributed by atoms with van der Waals surface area (Å²) in [6, 6.07) is 25.1. The zero-order valence-electron chi connectivity index (χ0n) is 20.8. The average molecular weight is 498 g/mol. The smallest absolute Gasteiger partial charge is 0.131 e. The van der Waals surface area contributed by atoms with Gasteiger partial charge in [0, 0.05) is 11.6 Å². The standard InChI is InChI=1S/C29H35NO4.ClH/c1-28(2,32)25(30-26-23-12-8-9-13-24(23)34-29(3,4)27(26)31)18-20-14-16-22(17-15-20)33-19-21-10-6-5-7-11-21;/h5-17,25-27,30-32H,18-19H2,1-4H3;1H. The van der Waals surface area contributed by atoms with Crippen molar-refractivity contribution in [2.45, 2.75) is 70.1 Å². The fourth-order valence-corrected chi connectivity index (χ4v) is 4.35. The molecule has 0 saturated heterocycles. The lowest BCUT2D eigenvalue weighted by molar-refractivity contribution is -0.0737. The van der Waals surface area contributed by atoms with Gasteiger partial charge in [-0.05, 0) is 63.4 Å². The van der Waals surface area contributed by atoms with E-state index < -0.39 is 17.3 Å². The summed E-state index contributed by atoms with van der Waals surface area (Å²) < 4.78 is 12.0. The van der Waals surface area contributed by atoms with Crippen molar-refractivity contribution < 1.29 is 19.7 Å². The highest BCUT2D eigenvalue weighted by molar-refractivity contribution is 5.85. The van der Waals surface area contributed by atoms with Crippen molar-refractivity contribution in [3.63, 3.8) is 0 Å². The molecule has 0 radical (unpaired) electrons. The zero-order valence-corrected chi connectivity index (χ0v) is 21.6. The van der Waals surface area contributed by atoms with Gasteiger partial charge in [0.2, 0.25) is 0 Å². The molecule has 6 heteroatoms. The second-order valence-corrected chi connectivity index (χ2v) is 10.2. The number of halogens is 1. The second kappa shape index (κ2) is 11.0. The first-order valence-corrected chi connectivity index (χ1v) is 11.8. The van der Waals surface area contributed by atoms with Crippen LogP contribution in [0.4, 0.5) is 0 Å². The summed E-state index contributed by atoms with van der Waals surface area (Å²) in [5.41, 5.74) is 1.32. The van der Waals surface area contributed by atoms with Crippen molar-refractivity contribution in [1.29, 1.82) is 0 Å². The van der Waals surface area contributed by atoms with Crippen LogP contribution in [0.3, 0.4) is 0 Å². The van der Waals surface area contributed by atoms with E-state index in [1.807, 2.05) is 92.7 Å². The fraction of sp³-hybridized carbons (Fsp3) is 0.379. The summed E-state index contributed by atoms with van der Waals surface area (Å²) in [5.74, 6) is 1.56. The summed E-state index contributed by atoms with van der Waals surface area (Å²) >= 11 is 0. The predicted molar refractivity (Wildman–Crippen MR) is 141 cm³/mol. The van der Waals surface area contributed by atoms with Crippen LogP contribution in [0, 0.1) is 0 Å². The van der Waals surface area contributed by atoms with Crippen molar-refractivity contribution in [2.75, 3.05) is 0 Å². The molecule has 1 aliphatic rings. The Morgan fingerprint density at radius 2 is 1.57 bits per heavy atom. The largest absolute Gasteiger partial charge is 0.489 e. The fourth-order valence-electron chi connectivity index (χ4n) is 4.35. The number of ether oxygens (including phenoxy) is 2. The van der Waals surface area contributed by atoms with Crippen molar-refractivity contribution in [1.82, 2.24) is 5.32 Å². The Kier molecular flexibility index (Phi) is 8.50. The van der Waals surface area contributed by atoms with E-state index in [1.165, 1.54) is 0 Å². The van der Waals surface area contributed by atoms with E-state index in [0.29, 0.717) is 13.0 Å². The van der Waals surface area contributed by atoms with Gasteiger partial charge in [-0.25, -0.2) is 0 Å². The number of nitrogens with one attached hydrogen (secondary N) is 1. The number of hydrogen-bond acceptors (Lipinski definition) is 5. The molecular weight excluding hydrogens is 462 g/mol. The summed E-state index contributed by atoms with van der Waals surface area (Å²) in [4.78, 5) is 0. The first kappa shape index (κ1) is 27.0. The monoisotopic (exact) mass is 497 g/mol. The van der Waals surface area contributed by atoms with Crippen LogP contribution in [0.5, 0.6) is 11.5 Å². The molecule has 0 spiro atoms. The Morgan fingerprint density at radius 1 is 0.943 bits per heavy atom. The number of rotatable bonds is 8. The van der Waals surface area contributed by atoms with Crippen molar-refractivity contribution in [2.24, 2.45) is 0 Å². The zero-order chi connectivity index (χ0) is 24.3. The minimum absolute atomic E-state index is 0. The minimum atomic E-state index is -1.01. The number of aliphatic hydroxyl groups excluding tert-OH is 1. The highest BCUT2D eigenvalue weighted by Gasteiger charge is 2.44. The van der Waals surface area contributed by atoms with Crippen LogP contribution in [0.15, 0.2) is 78.9 Å². The Hall–Kier alpha value is -2.57. The molecule has 0 amide bonds. The van der Waals surface area contributed by atoms with Crippen molar-refractivity contribution in [3.05, 3.63) is 95.6 Å². The molecular formula is C29H36ClNO4. The normalized spacial score (nSPS) is 19.6. The molecule has 0 bridgehead atoms. The van der Waals surface area contributed by atoms with Gasteiger partial charge in [0.05, 0.1) is 11.6 Å². The van der Waals surface area contributed by atoms with Crippen molar-refractivity contribution in [3.8, 4) is 11.5 Å². The van der Waals surface area contributed by atoms with Crippen LogP contribution >= 0.6 is 12.4 Å². The molecule has 4 rings (SSSR count).